The summed E-state index contributed by atoms with van der Waals surface area (Å²) < 4.78 is 13.8. The summed E-state index contributed by atoms with van der Waals surface area (Å²) in [5, 5.41) is 13.7. The summed E-state index contributed by atoms with van der Waals surface area (Å²) in [5.74, 6) is -0.534. The highest BCUT2D eigenvalue weighted by Crippen LogP contribution is 2.25. The molecule has 1 aliphatic rings. The summed E-state index contributed by atoms with van der Waals surface area (Å²) in [6, 6.07) is 3.98. The van der Waals surface area contributed by atoms with Crippen LogP contribution in [0.3, 0.4) is 0 Å². The lowest BCUT2D eigenvalue weighted by atomic mass is 10.1. The molecule has 1 unspecified atom stereocenters. The van der Waals surface area contributed by atoms with Gasteiger partial charge in [0.15, 0.2) is 5.82 Å². The summed E-state index contributed by atoms with van der Waals surface area (Å²) >= 11 is 0. The summed E-state index contributed by atoms with van der Waals surface area (Å²) in [6.45, 7) is 4.28. The van der Waals surface area contributed by atoms with Gasteiger partial charge in [-0.2, -0.15) is 0 Å². The van der Waals surface area contributed by atoms with Crippen LogP contribution in [0, 0.1) is 15.9 Å². The first-order valence-electron chi connectivity index (χ1n) is 5.51. The minimum atomic E-state index is -0.589. The molecule has 1 saturated heterocycles. The molecule has 1 N–H and O–H groups in total. The summed E-state index contributed by atoms with van der Waals surface area (Å²) in [4.78, 5) is 11.9. The second kappa shape index (κ2) is 4.67. The van der Waals surface area contributed by atoms with Crippen LogP contribution in [-0.2, 0) is 0 Å². The van der Waals surface area contributed by atoms with Gasteiger partial charge in [0.05, 0.1) is 16.7 Å². The van der Waals surface area contributed by atoms with E-state index in [9.17, 15) is 14.5 Å². The summed E-state index contributed by atoms with van der Waals surface area (Å²) in [7, 11) is 0. The molecule has 0 aromatic heterocycles. The minimum Gasteiger partial charge on any atom is -0.364 e. The van der Waals surface area contributed by atoms with Crippen molar-refractivity contribution in [3.05, 3.63) is 34.1 Å². The molecule has 1 aromatic carbocycles. The highest BCUT2D eigenvalue weighted by atomic mass is 19.1. The Balaban J connectivity index is 2.29. The Morgan fingerprint density at radius 3 is 2.94 bits per heavy atom. The van der Waals surface area contributed by atoms with Crippen LogP contribution in [0.25, 0.3) is 0 Å². The standard InChI is InChI=1S/C11H14FN3O2/c1-8-7-13-4-5-14(8)11-3-2-9(15(16)17)6-10(11)12/h2-3,6,8,13H,4-5,7H2,1H3. The number of benzene rings is 1. The lowest BCUT2D eigenvalue weighted by Gasteiger charge is -2.35. The number of halogens is 1. The lowest BCUT2D eigenvalue weighted by molar-refractivity contribution is -0.385. The third-order valence-electron chi connectivity index (χ3n) is 2.95. The van der Waals surface area contributed by atoms with Gasteiger partial charge in [0.25, 0.3) is 5.69 Å². The van der Waals surface area contributed by atoms with Gasteiger partial charge >= 0.3 is 0 Å². The maximum absolute atomic E-state index is 13.8. The third-order valence-corrected chi connectivity index (χ3v) is 2.95. The largest absolute Gasteiger partial charge is 0.364 e. The molecule has 92 valence electrons. The highest BCUT2D eigenvalue weighted by molar-refractivity contribution is 5.53. The SMILES string of the molecule is CC1CNCCN1c1ccc([N+](=O)[O-])cc1F. The average molecular weight is 239 g/mol. The number of anilines is 1. The zero-order valence-electron chi connectivity index (χ0n) is 9.52. The van der Waals surface area contributed by atoms with Crippen LogP contribution in [0.2, 0.25) is 0 Å². The molecule has 2 rings (SSSR count). The van der Waals surface area contributed by atoms with Gasteiger partial charge in [-0.05, 0) is 13.0 Å². The Bertz CT molecular complexity index is 439. The van der Waals surface area contributed by atoms with Crippen molar-refractivity contribution in [1.82, 2.24) is 5.32 Å². The van der Waals surface area contributed by atoms with E-state index in [1.54, 1.807) is 0 Å². The van der Waals surface area contributed by atoms with E-state index in [0.717, 1.165) is 19.2 Å². The van der Waals surface area contributed by atoms with Gasteiger partial charge in [0.1, 0.15) is 0 Å². The van der Waals surface area contributed by atoms with Crippen molar-refractivity contribution in [1.29, 1.82) is 0 Å². The molecule has 1 aliphatic heterocycles. The minimum absolute atomic E-state index is 0.180. The van der Waals surface area contributed by atoms with Crippen LogP contribution in [-0.4, -0.2) is 30.6 Å². The van der Waals surface area contributed by atoms with Gasteiger partial charge in [-0.3, -0.25) is 10.1 Å². The van der Waals surface area contributed by atoms with Crippen molar-refractivity contribution in [2.24, 2.45) is 0 Å². The second-order valence-corrected chi connectivity index (χ2v) is 4.14. The molecule has 0 amide bonds. The summed E-state index contributed by atoms with van der Waals surface area (Å²) in [5.41, 5.74) is 0.221. The van der Waals surface area contributed by atoms with Crippen LogP contribution in [0.4, 0.5) is 15.8 Å². The van der Waals surface area contributed by atoms with Gasteiger partial charge in [0, 0.05) is 31.7 Å². The fourth-order valence-corrected chi connectivity index (χ4v) is 2.04. The number of hydrogen-bond donors (Lipinski definition) is 1. The van der Waals surface area contributed by atoms with Gasteiger partial charge in [0.2, 0.25) is 0 Å². The van der Waals surface area contributed by atoms with Crippen molar-refractivity contribution in [2.75, 3.05) is 24.5 Å². The zero-order chi connectivity index (χ0) is 12.4. The van der Waals surface area contributed by atoms with E-state index < -0.39 is 10.7 Å². The first-order valence-corrected chi connectivity index (χ1v) is 5.51. The van der Waals surface area contributed by atoms with Gasteiger partial charge in [-0.25, -0.2) is 4.39 Å². The molecule has 6 heteroatoms. The molecule has 17 heavy (non-hydrogen) atoms. The van der Waals surface area contributed by atoms with Crippen LogP contribution in [0.1, 0.15) is 6.92 Å². The first kappa shape index (κ1) is 11.8. The molecular formula is C11H14FN3O2. The average Bonchev–Trinajstić information content (AvgIpc) is 2.30. The molecule has 0 spiro atoms. The molecule has 0 radical (unpaired) electrons. The predicted molar refractivity (Wildman–Crippen MR) is 62.7 cm³/mol. The molecule has 1 aromatic rings. The molecule has 1 heterocycles. The summed E-state index contributed by atoms with van der Waals surface area (Å²) in [6.07, 6.45) is 0. The molecular weight excluding hydrogens is 225 g/mol. The van der Waals surface area contributed by atoms with E-state index in [4.69, 9.17) is 0 Å². The van der Waals surface area contributed by atoms with E-state index in [2.05, 4.69) is 5.32 Å². The van der Waals surface area contributed by atoms with E-state index in [1.165, 1.54) is 12.1 Å². The quantitative estimate of drug-likeness (QED) is 0.628. The van der Waals surface area contributed by atoms with Crippen molar-refractivity contribution >= 4 is 11.4 Å². The topological polar surface area (TPSA) is 58.4 Å². The Morgan fingerprint density at radius 2 is 2.35 bits per heavy atom. The third kappa shape index (κ3) is 2.36. The maximum atomic E-state index is 13.8. The zero-order valence-corrected chi connectivity index (χ0v) is 9.52. The van der Waals surface area contributed by atoms with Crippen LogP contribution in [0.5, 0.6) is 0 Å². The smallest absolute Gasteiger partial charge is 0.272 e. The second-order valence-electron chi connectivity index (χ2n) is 4.14. The fraction of sp³-hybridized carbons (Fsp3) is 0.455. The van der Waals surface area contributed by atoms with Crippen LogP contribution >= 0.6 is 0 Å². The molecule has 5 nitrogen and oxygen atoms in total. The molecule has 1 fully saturated rings. The molecule has 0 saturated carbocycles. The number of nitro groups is 1. The van der Waals surface area contributed by atoms with Gasteiger partial charge < -0.3 is 10.2 Å². The number of nitrogens with zero attached hydrogens (tertiary/aromatic N) is 2. The van der Waals surface area contributed by atoms with Gasteiger partial charge in [-0.1, -0.05) is 0 Å². The fourth-order valence-electron chi connectivity index (χ4n) is 2.04. The van der Waals surface area contributed by atoms with Crippen LogP contribution in [0.15, 0.2) is 18.2 Å². The number of hydrogen-bond acceptors (Lipinski definition) is 4. The Morgan fingerprint density at radius 1 is 1.59 bits per heavy atom. The highest BCUT2D eigenvalue weighted by Gasteiger charge is 2.22. The van der Waals surface area contributed by atoms with Crippen molar-refractivity contribution in [3.8, 4) is 0 Å². The Labute approximate surface area is 98.4 Å². The van der Waals surface area contributed by atoms with Crippen molar-refractivity contribution < 1.29 is 9.31 Å². The number of piperazine rings is 1. The number of nitrogens with one attached hydrogen (secondary N) is 1. The van der Waals surface area contributed by atoms with Gasteiger partial charge in [-0.15, -0.1) is 0 Å². The van der Waals surface area contributed by atoms with Crippen molar-refractivity contribution in [2.45, 2.75) is 13.0 Å². The molecule has 1 atom stereocenters. The predicted octanol–water partition coefficient (Wildman–Crippen LogP) is 1.53. The van der Waals surface area contributed by atoms with Crippen molar-refractivity contribution in [3.63, 3.8) is 0 Å². The Kier molecular flexibility index (Phi) is 3.23. The van der Waals surface area contributed by atoms with E-state index >= 15 is 0 Å². The Hall–Kier alpha value is -1.69. The number of non-ortho nitro benzene ring substituents is 1. The molecule has 0 aliphatic carbocycles. The lowest BCUT2D eigenvalue weighted by Crippen LogP contribution is -2.50. The molecule has 0 bridgehead atoms. The van der Waals surface area contributed by atoms with E-state index in [0.29, 0.717) is 12.2 Å². The number of rotatable bonds is 2. The van der Waals surface area contributed by atoms with E-state index in [1.807, 2.05) is 11.8 Å². The first-order chi connectivity index (χ1) is 8.09. The monoisotopic (exact) mass is 239 g/mol. The number of nitro benzene ring substituents is 1. The van der Waals surface area contributed by atoms with E-state index in [-0.39, 0.29) is 11.7 Å². The maximum Gasteiger partial charge on any atom is 0.272 e. The van der Waals surface area contributed by atoms with Crippen LogP contribution < -0.4 is 10.2 Å². The normalized spacial score (nSPS) is 20.4.